The maximum atomic E-state index is 14.1. The Balaban J connectivity index is 2.40. The number of benzene rings is 1. The van der Waals surface area contributed by atoms with Crippen molar-refractivity contribution in [3.8, 4) is 0 Å². The SMILES string of the molecule is CCN1CCCC(CNC)C1c1cc(F)c(F)cc1F. The van der Waals surface area contributed by atoms with Gasteiger partial charge in [0, 0.05) is 17.7 Å². The van der Waals surface area contributed by atoms with Crippen molar-refractivity contribution in [3.63, 3.8) is 0 Å². The summed E-state index contributed by atoms with van der Waals surface area (Å²) in [6.07, 6.45) is 2.00. The third kappa shape index (κ3) is 2.99. The van der Waals surface area contributed by atoms with Crippen LogP contribution in [-0.4, -0.2) is 31.6 Å². The third-order valence-electron chi connectivity index (χ3n) is 4.09. The summed E-state index contributed by atoms with van der Waals surface area (Å²) in [4.78, 5) is 2.14. The van der Waals surface area contributed by atoms with Gasteiger partial charge in [-0.2, -0.15) is 0 Å². The second kappa shape index (κ2) is 6.59. The first-order valence-corrected chi connectivity index (χ1v) is 7.11. The lowest BCUT2D eigenvalue weighted by molar-refractivity contribution is 0.0950. The van der Waals surface area contributed by atoms with Gasteiger partial charge >= 0.3 is 0 Å². The summed E-state index contributed by atoms with van der Waals surface area (Å²) >= 11 is 0. The highest BCUT2D eigenvalue weighted by molar-refractivity contribution is 5.25. The van der Waals surface area contributed by atoms with Crippen LogP contribution in [0.3, 0.4) is 0 Å². The van der Waals surface area contributed by atoms with Gasteiger partial charge in [-0.15, -0.1) is 0 Å². The Kier molecular flexibility index (Phi) is 5.05. The summed E-state index contributed by atoms with van der Waals surface area (Å²) in [7, 11) is 1.85. The zero-order valence-corrected chi connectivity index (χ0v) is 11.9. The number of nitrogens with zero attached hydrogens (tertiary/aromatic N) is 1. The number of halogens is 3. The van der Waals surface area contributed by atoms with Crippen LogP contribution in [0.1, 0.15) is 31.4 Å². The minimum Gasteiger partial charge on any atom is -0.319 e. The molecular weight excluding hydrogens is 265 g/mol. The molecule has 1 fully saturated rings. The molecule has 1 aromatic rings. The zero-order valence-electron chi connectivity index (χ0n) is 11.9. The molecule has 1 saturated heterocycles. The Labute approximate surface area is 118 Å². The van der Waals surface area contributed by atoms with Gasteiger partial charge in [0.1, 0.15) is 5.82 Å². The molecule has 1 heterocycles. The predicted molar refractivity (Wildman–Crippen MR) is 73.0 cm³/mol. The molecule has 2 atom stereocenters. The van der Waals surface area contributed by atoms with Gasteiger partial charge in [-0.1, -0.05) is 6.92 Å². The summed E-state index contributed by atoms with van der Waals surface area (Å²) in [6, 6.07) is 1.48. The first kappa shape index (κ1) is 15.3. The van der Waals surface area contributed by atoms with Crippen molar-refractivity contribution in [2.45, 2.75) is 25.8 Å². The molecule has 1 aliphatic rings. The molecule has 2 rings (SSSR count). The Morgan fingerprint density at radius 1 is 1.20 bits per heavy atom. The monoisotopic (exact) mass is 286 g/mol. The molecule has 0 saturated carbocycles. The van der Waals surface area contributed by atoms with Gasteiger partial charge in [-0.3, -0.25) is 4.90 Å². The zero-order chi connectivity index (χ0) is 14.7. The molecule has 0 spiro atoms. The summed E-state index contributed by atoms with van der Waals surface area (Å²) in [5, 5.41) is 3.11. The van der Waals surface area contributed by atoms with Crippen LogP contribution in [0, 0.1) is 23.4 Å². The quantitative estimate of drug-likeness (QED) is 0.856. The van der Waals surface area contributed by atoms with E-state index < -0.39 is 17.5 Å². The van der Waals surface area contributed by atoms with Crippen LogP contribution in [0.25, 0.3) is 0 Å². The van der Waals surface area contributed by atoms with E-state index in [1.54, 1.807) is 0 Å². The van der Waals surface area contributed by atoms with Crippen LogP contribution in [0.2, 0.25) is 0 Å². The largest absolute Gasteiger partial charge is 0.319 e. The van der Waals surface area contributed by atoms with Gasteiger partial charge in [0.05, 0.1) is 0 Å². The van der Waals surface area contributed by atoms with E-state index in [0.717, 1.165) is 38.5 Å². The van der Waals surface area contributed by atoms with E-state index in [1.807, 2.05) is 14.0 Å². The van der Waals surface area contributed by atoms with Crippen LogP contribution in [-0.2, 0) is 0 Å². The van der Waals surface area contributed by atoms with Crippen LogP contribution in [0.5, 0.6) is 0 Å². The van der Waals surface area contributed by atoms with Crippen LogP contribution < -0.4 is 5.32 Å². The van der Waals surface area contributed by atoms with Gasteiger partial charge in [-0.05, 0) is 51.5 Å². The van der Waals surface area contributed by atoms with Crippen molar-refractivity contribution in [2.24, 2.45) is 5.92 Å². The average molecular weight is 286 g/mol. The molecule has 0 aromatic heterocycles. The van der Waals surface area contributed by atoms with E-state index in [9.17, 15) is 13.2 Å². The Morgan fingerprint density at radius 3 is 2.55 bits per heavy atom. The fourth-order valence-electron chi connectivity index (χ4n) is 3.20. The van der Waals surface area contributed by atoms with E-state index in [-0.39, 0.29) is 17.5 Å². The number of hydrogen-bond acceptors (Lipinski definition) is 2. The molecule has 0 bridgehead atoms. The van der Waals surface area contributed by atoms with Crippen molar-refractivity contribution >= 4 is 0 Å². The molecule has 0 amide bonds. The molecule has 20 heavy (non-hydrogen) atoms. The Hall–Kier alpha value is -1.07. The van der Waals surface area contributed by atoms with Crippen molar-refractivity contribution in [1.82, 2.24) is 10.2 Å². The summed E-state index contributed by atoms with van der Waals surface area (Å²) in [5.74, 6) is -2.56. The van der Waals surface area contributed by atoms with E-state index >= 15 is 0 Å². The highest BCUT2D eigenvalue weighted by atomic mass is 19.2. The van der Waals surface area contributed by atoms with Crippen molar-refractivity contribution in [3.05, 3.63) is 35.1 Å². The standard InChI is InChI=1S/C15H21F3N2/c1-3-20-6-4-5-10(9-19-2)15(20)11-7-13(17)14(18)8-12(11)16/h7-8,10,15,19H,3-6,9H2,1-2H3. The number of likely N-dealkylation sites (tertiary alicyclic amines) is 1. The van der Waals surface area contributed by atoms with Gasteiger partial charge in [0.25, 0.3) is 0 Å². The lowest BCUT2D eigenvalue weighted by Crippen LogP contribution is -2.42. The lowest BCUT2D eigenvalue weighted by Gasteiger charge is -2.41. The first-order valence-electron chi connectivity index (χ1n) is 7.11. The molecule has 112 valence electrons. The van der Waals surface area contributed by atoms with E-state index in [0.29, 0.717) is 6.07 Å². The fraction of sp³-hybridized carbons (Fsp3) is 0.600. The molecule has 0 radical (unpaired) electrons. The smallest absolute Gasteiger partial charge is 0.161 e. The van der Waals surface area contributed by atoms with Crippen molar-refractivity contribution in [2.75, 3.05) is 26.7 Å². The molecule has 1 aromatic carbocycles. The summed E-state index contributed by atoms with van der Waals surface area (Å²) in [6.45, 7) is 4.37. The second-order valence-electron chi connectivity index (χ2n) is 5.32. The molecule has 0 aliphatic carbocycles. The van der Waals surface area contributed by atoms with E-state index in [4.69, 9.17) is 0 Å². The summed E-state index contributed by atoms with van der Waals surface area (Å²) in [5.41, 5.74) is 0.269. The molecule has 1 N–H and O–H groups in total. The number of piperidine rings is 1. The Morgan fingerprint density at radius 2 is 1.90 bits per heavy atom. The van der Waals surface area contributed by atoms with Gasteiger partial charge in [-0.25, -0.2) is 13.2 Å². The Bertz CT molecular complexity index is 463. The van der Waals surface area contributed by atoms with E-state index in [1.165, 1.54) is 0 Å². The number of nitrogens with one attached hydrogen (secondary N) is 1. The fourth-order valence-corrected chi connectivity index (χ4v) is 3.20. The highest BCUT2D eigenvalue weighted by Gasteiger charge is 2.33. The minimum atomic E-state index is -1.13. The third-order valence-corrected chi connectivity index (χ3v) is 4.09. The lowest BCUT2D eigenvalue weighted by atomic mass is 9.84. The second-order valence-corrected chi connectivity index (χ2v) is 5.32. The predicted octanol–water partition coefficient (Wildman–Crippen LogP) is 3.10. The molecule has 2 unspecified atom stereocenters. The van der Waals surface area contributed by atoms with Gasteiger partial charge < -0.3 is 5.32 Å². The van der Waals surface area contributed by atoms with Crippen LogP contribution in [0.15, 0.2) is 12.1 Å². The van der Waals surface area contributed by atoms with Crippen LogP contribution >= 0.6 is 0 Å². The van der Waals surface area contributed by atoms with Crippen LogP contribution in [0.4, 0.5) is 13.2 Å². The molecular formula is C15H21F3N2. The van der Waals surface area contributed by atoms with E-state index in [2.05, 4.69) is 10.2 Å². The normalized spacial score (nSPS) is 24.1. The van der Waals surface area contributed by atoms with Gasteiger partial charge in [0.15, 0.2) is 11.6 Å². The minimum absolute atomic E-state index is 0.198. The average Bonchev–Trinajstić information content (AvgIpc) is 2.43. The highest BCUT2D eigenvalue weighted by Crippen LogP contribution is 2.37. The molecule has 1 aliphatic heterocycles. The molecule has 2 nitrogen and oxygen atoms in total. The first-order chi connectivity index (χ1) is 9.58. The maximum absolute atomic E-state index is 14.1. The topological polar surface area (TPSA) is 15.3 Å². The maximum Gasteiger partial charge on any atom is 0.161 e. The van der Waals surface area contributed by atoms with Crippen molar-refractivity contribution < 1.29 is 13.2 Å². The van der Waals surface area contributed by atoms with Gasteiger partial charge in [0.2, 0.25) is 0 Å². The summed E-state index contributed by atoms with van der Waals surface area (Å²) < 4.78 is 40.7. The number of hydrogen-bond donors (Lipinski definition) is 1. The number of rotatable bonds is 4. The molecule has 5 heteroatoms. The van der Waals surface area contributed by atoms with Crippen molar-refractivity contribution in [1.29, 1.82) is 0 Å².